The molecule has 0 aliphatic carbocycles. The molecular weight excluding hydrogens is 484 g/mol. The van der Waals surface area contributed by atoms with Crippen LogP contribution in [0.3, 0.4) is 0 Å². The first-order valence-corrected chi connectivity index (χ1v) is 14.1. The van der Waals surface area contributed by atoms with Crippen molar-refractivity contribution in [3.8, 4) is 0 Å². The first-order valence-electron chi connectivity index (χ1n) is 14.1. The van der Waals surface area contributed by atoms with E-state index in [-0.39, 0.29) is 36.4 Å². The average Bonchev–Trinajstić information content (AvgIpc) is 2.94. The number of piperazine rings is 1. The van der Waals surface area contributed by atoms with Gasteiger partial charge in [0.1, 0.15) is 6.04 Å². The van der Waals surface area contributed by atoms with E-state index in [2.05, 4.69) is 23.0 Å². The lowest BCUT2D eigenvalue weighted by molar-refractivity contribution is -0.139. The number of nitrogens with zero attached hydrogens (tertiary/aromatic N) is 1. The number of unbranched alkanes of at least 4 members (excludes halogenated alkanes) is 2. The molecule has 0 spiro atoms. The summed E-state index contributed by atoms with van der Waals surface area (Å²) in [6.45, 7) is 9.26. The van der Waals surface area contributed by atoms with Gasteiger partial charge in [-0.05, 0) is 17.9 Å². The SMILES string of the molecule is CCCCC[C@H](CC(=O)NOCc1ccccc1)C(=O)[C@H]1CNCCN1C(=O)N[C@H](C(=O)CC)[C@@H](C)CC. The zero-order valence-electron chi connectivity index (χ0n) is 23.5. The Morgan fingerprint density at radius 2 is 1.84 bits per heavy atom. The first-order chi connectivity index (χ1) is 18.3. The lowest BCUT2D eigenvalue weighted by Crippen LogP contribution is -2.62. The highest BCUT2D eigenvalue weighted by Gasteiger charge is 2.38. The van der Waals surface area contributed by atoms with Gasteiger partial charge in [0.25, 0.3) is 0 Å². The van der Waals surface area contributed by atoms with E-state index in [1.165, 1.54) is 4.90 Å². The van der Waals surface area contributed by atoms with E-state index in [0.29, 0.717) is 32.5 Å². The zero-order valence-corrected chi connectivity index (χ0v) is 23.5. The Hall–Kier alpha value is -2.78. The Balaban J connectivity index is 2.08. The largest absolute Gasteiger partial charge is 0.328 e. The molecule has 0 saturated carbocycles. The van der Waals surface area contributed by atoms with Crippen molar-refractivity contribution in [2.75, 3.05) is 19.6 Å². The van der Waals surface area contributed by atoms with Gasteiger partial charge in [-0.25, -0.2) is 10.3 Å². The van der Waals surface area contributed by atoms with Crippen molar-refractivity contribution in [2.24, 2.45) is 11.8 Å². The van der Waals surface area contributed by atoms with Crippen molar-refractivity contribution in [3.63, 3.8) is 0 Å². The number of nitrogens with one attached hydrogen (secondary N) is 3. The number of rotatable bonds is 16. The third kappa shape index (κ3) is 9.83. The van der Waals surface area contributed by atoms with Crippen LogP contribution in [0, 0.1) is 11.8 Å². The highest BCUT2D eigenvalue weighted by molar-refractivity contribution is 5.94. The summed E-state index contributed by atoms with van der Waals surface area (Å²) in [5.74, 6) is -1.06. The molecule has 9 nitrogen and oxygen atoms in total. The molecule has 0 unspecified atom stereocenters. The van der Waals surface area contributed by atoms with Gasteiger partial charge in [0.05, 0.1) is 12.6 Å². The fourth-order valence-corrected chi connectivity index (χ4v) is 4.71. The highest BCUT2D eigenvalue weighted by atomic mass is 16.6. The van der Waals surface area contributed by atoms with Gasteiger partial charge in [0.15, 0.2) is 11.6 Å². The van der Waals surface area contributed by atoms with Crippen molar-refractivity contribution in [2.45, 2.75) is 91.3 Å². The van der Waals surface area contributed by atoms with E-state index < -0.39 is 24.0 Å². The van der Waals surface area contributed by atoms with Crippen LogP contribution < -0.4 is 16.1 Å². The zero-order chi connectivity index (χ0) is 27.9. The molecule has 1 heterocycles. The summed E-state index contributed by atoms with van der Waals surface area (Å²) in [6.07, 6.45) is 4.41. The number of urea groups is 1. The number of benzene rings is 1. The molecule has 1 fully saturated rings. The average molecular weight is 531 g/mol. The molecule has 0 aromatic heterocycles. The minimum atomic E-state index is -0.706. The van der Waals surface area contributed by atoms with Gasteiger partial charge in [-0.1, -0.05) is 83.7 Å². The van der Waals surface area contributed by atoms with Gasteiger partial charge in [0.2, 0.25) is 5.91 Å². The molecule has 1 saturated heterocycles. The maximum Gasteiger partial charge on any atom is 0.318 e. The quantitative estimate of drug-likeness (QED) is 0.221. The van der Waals surface area contributed by atoms with Crippen molar-refractivity contribution < 1.29 is 24.0 Å². The number of Topliss-reactive ketones (excluding diaryl/α,β-unsaturated/α-hetero) is 2. The summed E-state index contributed by atoms with van der Waals surface area (Å²) in [5.41, 5.74) is 3.40. The molecule has 9 heteroatoms. The Morgan fingerprint density at radius 1 is 1.11 bits per heavy atom. The first kappa shape index (κ1) is 31.4. The van der Waals surface area contributed by atoms with Crippen LogP contribution in [0.15, 0.2) is 30.3 Å². The van der Waals surface area contributed by atoms with Crippen LogP contribution in [0.25, 0.3) is 0 Å². The number of ketones is 2. The minimum Gasteiger partial charge on any atom is -0.328 e. The highest BCUT2D eigenvalue weighted by Crippen LogP contribution is 2.21. The standard InChI is InChI=1S/C29H46N4O5/c1-5-8-10-15-23(18-26(35)32-38-20-22-13-11-9-12-14-22)28(36)24-19-30-16-17-33(24)29(37)31-27(21(4)6-2)25(34)7-3/h9,11-14,21,23-24,27,30H,5-8,10,15-20H2,1-4H3,(H,31,37)(H,32,35)/t21-,23+,24+,27-/m0/s1. The molecule has 1 aliphatic rings. The second-order valence-electron chi connectivity index (χ2n) is 10.1. The van der Waals surface area contributed by atoms with Crippen LogP contribution in [0.1, 0.15) is 78.2 Å². The van der Waals surface area contributed by atoms with Gasteiger partial charge in [0, 0.05) is 38.4 Å². The topological polar surface area (TPSA) is 117 Å². The fourth-order valence-electron chi connectivity index (χ4n) is 4.71. The number of amides is 3. The van der Waals surface area contributed by atoms with Crippen LogP contribution in [-0.4, -0.2) is 60.1 Å². The van der Waals surface area contributed by atoms with Crippen molar-refractivity contribution in [1.29, 1.82) is 0 Å². The summed E-state index contributed by atoms with van der Waals surface area (Å²) >= 11 is 0. The summed E-state index contributed by atoms with van der Waals surface area (Å²) in [4.78, 5) is 59.2. The van der Waals surface area contributed by atoms with Crippen molar-refractivity contribution in [3.05, 3.63) is 35.9 Å². The minimum absolute atomic E-state index is 0.00683. The molecule has 2 rings (SSSR count). The molecule has 1 aromatic rings. The van der Waals surface area contributed by atoms with E-state index in [0.717, 1.165) is 31.2 Å². The molecular formula is C29H46N4O5. The Bertz CT molecular complexity index is 894. The predicted molar refractivity (Wildman–Crippen MR) is 147 cm³/mol. The Labute approximate surface area is 227 Å². The van der Waals surface area contributed by atoms with E-state index in [1.807, 2.05) is 44.2 Å². The van der Waals surface area contributed by atoms with Gasteiger partial charge < -0.3 is 15.5 Å². The van der Waals surface area contributed by atoms with Crippen LogP contribution >= 0.6 is 0 Å². The molecule has 4 atom stereocenters. The summed E-state index contributed by atoms with van der Waals surface area (Å²) < 4.78 is 0. The summed E-state index contributed by atoms with van der Waals surface area (Å²) in [6, 6.07) is 7.81. The number of carbonyl (C=O) groups is 4. The Kier molecular flexibility index (Phi) is 14.0. The van der Waals surface area contributed by atoms with Crippen molar-refractivity contribution in [1.82, 2.24) is 21.0 Å². The van der Waals surface area contributed by atoms with E-state index in [1.54, 1.807) is 6.92 Å². The van der Waals surface area contributed by atoms with E-state index in [9.17, 15) is 19.2 Å². The second kappa shape index (κ2) is 16.9. The molecule has 0 radical (unpaired) electrons. The van der Waals surface area contributed by atoms with Crippen LogP contribution in [0.2, 0.25) is 0 Å². The maximum absolute atomic E-state index is 13.8. The molecule has 3 N–H and O–H groups in total. The second-order valence-corrected chi connectivity index (χ2v) is 10.1. The van der Waals surface area contributed by atoms with Crippen LogP contribution in [0.5, 0.6) is 0 Å². The van der Waals surface area contributed by atoms with Crippen LogP contribution in [0.4, 0.5) is 4.79 Å². The molecule has 38 heavy (non-hydrogen) atoms. The summed E-state index contributed by atoms with van der Waals surface area (Å²) in [7, 11) is 0. The van der Waals surface area contributed by atoms with Crippen LogP contribution in [-0.2, 0) is 25.8 Å². The molecule has 3 amide bonds. The van der Waals surface area contributed by atoms with Gasteiger partial charge in [-0.15, -0.1) is 0 Å². The van der Waals surface area contributed by atoms with E-state index in [4.69, 9.17) is 4.84 Å². The number of hydroxylamine groups is 1. The van der Waals surface area contributed by atoms with E-state index >= 15 is 0 Å². The molecule has 1 aliphatic heterocycles. The molecule has 212 valence electrons. The van der Waals surface area contributed by atoms with Gasteiger partial charge in [-0.3, -0.25) is 19.2 Å². The monoisotopic (exact) mass is 530 g/mol. The number of hydrogen-bond donors (Lipinski definition) is 3. The fraction of sp³-hybridized carbons (Fsp3) is 0.655. The molecule has 1 aromatic carbocycles. The van der Waals surface area contributed by atoms with Crippen molar-refractivity contribution >= 4 is 23.5 Å². The normalized spacial score (nSPS) is 17.8. The third-order valence-electron chi connectivity index (χ3n) is 7.28. The molecule has 0 bridgehead atoms. The predicted octanol–water partition coefficient (Wildman–Crippen LogP) is 3.77. The smallest absolute Gasteiger partial charge is 0.318 e. The summed E-state index contributed by atoms with van der Waals surface area (Å²) in [5, 5.41) is 6.12. The number of carbonyl (C=O) groups excluding carboxylic acids is 4. The van der Waals surface area contributed by atoms with Gasteiger partial charge >= 0.3 is 6.03 Å². The third-order valence-corrected chi connectivity index (χ3v) is 7.28. The lowest BCUT2D eigenvalue weighted by Gasteiger charge is -2.38. The van der Waals surface area contributed by atoms with Gasteiger partial charge in [-0.2, -0.15) is 0 Å². The number of hydrogen-bond acceptors (Lipinski definition) is 6. The Morgan fingerprint density at radius 3 is 2.50 bits per heavy atom. The lowest BCUT2D eigenvalue weighted by atomic mass is 9.88. The maximum atomic E-state index is 13.8.